The number of nitrogens with zero attached hydrogens (tertiary/aromatic N) is 4. The van der Waals surface area contributed by atoms with Crippen LogP contribution in [0.15, 0.2) is 60.0 Å². The van der Waals surface area contributed by atoms with E-state index in [1.807, 2.05) is 30.3 Å². The van der Waals surface area contributed by atoms with Gasteiger partial charge in [0.15, 0.2) is 0 Å². The van der Waals surface area contributed by atoms with Gasteiger partial charge in [-0.3, -0.25) is 4.55 Å². The molecule has 0 fully saturated rings. The molecule has 5 N–H and O–H groups in total. The normalized spacial score (nSPS) is 11.1. The highest BCUT2D eigenvalue weighted by Crippen LogP contribution is 2.25. The molecule has 11 nitrogen and oxygen atoms in total. The van der Waals surface area contributed by atoms with Crippen molar-refractivity contribution in [2.24, 2.45) is 0 Å². The van der Waals surface area contributed by atoms with Gasteiger partial charge < -0.3 is 25.7 Å². The molecule has 12 heteroatoms. The minimum absolute atomic E-state index is 0.0759. The standard InChI is InChI=1S/C21H24N6O5S/c1-2-15-8-9-17(14-18(15)33(30,31)32)23-20-24-19(22-16-6-4-3-5-7-16)25-21(26-20)27(10-12-28)11-13-29/h2-9,14,28-29H,1,10-13H2,(H,30,31,32)(H2,22,23,24,25,26). The molecule has 3 rings (SSSR count). The second kappa shape index (κ2) is 10.8. The molecule has 0 saturated heterocycles. The largest absolute Gasteiger partial charge is 0.395 e. The van der Waals surface area contributed by atoms with Crippen LogP contribution < -0.4 is 15.5 Å². The van der Waals surface area contributed by atoms with E-state index in [2.05, 4.69) is 32.2 Å². The summed E-state index contributed by atoms with van der Waals surface area (Å²) in [6.45, 7) is 3.54. The van der Waals surface area contributed by atoms with E-state index in [1.54, 1.807) is 11.0 Å². The number of hydrogen-bond donors (Lipinski definition) is 5. The molecule has 0 aliphatic carbocycles. The Kier molecular flexibility index (Phi) is 7.90. The zero-order valence-corrected chi connectivity index (χ0v) is 18.4. The number of aliphatic hydroxyl groups is 2. The lowest BCUT2D eigenvalue weighted by atomic mass is 10.2. The van der Waals surface area contributed by atoms with Crippen molar-refractivity contribution in [2.75, 3.05) is 41.8 Å². The predicted molar refractivity (Wildman–Crippen MR) is 126 cm³/mol. The molecule has 0 amide bonds. The molecule has 174 valence electrons. The third-order valence-electron chi connectivity index (χ3n) is 4.44. The van der Waals surface area contributed by atoms with Crippen LogP contribution in [0.3, 0.4) is 0 Å². The Hall–Kier alpha value is -3.58. The fourth-order valence-corrected chi connectivity index (χ4v) is 3.68. The quantitative estimate of drug-likeness (QED) is 0.260. The molecule has 3 aromatic rings. The van der Waals surface area contributed by atoms with Gasteiger partial charge in [0.1, 0.15) is 4.90 Å². The molecule has 0 aliphatic heterocycles. The first kappa shape index (κ1) is 24.1. The summed E-state index contributed by atoms with van der Waals surface area (Å²) >= 11 is 0. The molecule has 2 aromatic carbocycles. The first-order chi connectivity index (χ1) is 15.8. The lowest BCUT2D eigenvalue weighted by molar-refractivity contribution is 0.280. The minimum Gasteiger partial charge on any atom is -0.395 e. The molecule has 0 saturated carbocycles. The van der Waals surface area contributed by atoms with Crippen molar-refractivity contribution in [3.05, 3.63) is 60.7 Å². The molecule has 0 aliphatic rings. The van der Waals surface area contributed by atoms with Crippen LogP contribution in [0.2, 0.25) is 0 Å². The van der Waals surface area contributed by atoms with E-state index in [0.717, 1.165) is 5.69 Å². The van der Waals surface area contributed by atoms with Crippen LogP contribution in [-0.4, -0.2) is 64.4 Å². The second-order valence-electron chi connectivity index (χ2n) is 6.76. The Labute approximate surface area is 191 Å². The molecule has 0 unspecified atom stereocenters. The van der Waals surface area contributed by atoms with Crippen LogP contribution in [0.4, 0.5) is 29.2 Å². The topological polar surface area (TPSA) is 161 Å². The fourth-order valence-electron chi connectivity index (χ4n) is 2.96. The molecule has 0 bridgehead atoms. The van der Waals surface area contributed by atoms with Crippen LogP contribution in [-0.2, 0) is 10.1 Å². The summed E-state index contributed by atoms with van der Waals surface area (Å²) in [6, 6.07) is 13.5. The number of hydrogen-bond acceptors (Lipinski definition) is 10. The zero-order chi connectivity index (χ0) is 23.8. The Morgan fingerprint density at radius 1 is 0.909 bits per heavy atom. The molecule has 0 spiro atoms. The van der Waals surface area contributed by atoms with Crippen LogP contribution in [0.25, 0.3) is 6.08 Å². The van der Waals surface area contributed by atoms with Crippen molar-refractivity contribution >= 4 is 45.4 Å². The lowest BCUT2D eigenvalue weighted by Crippen LogP contribution is -2.31. The maximum Gasteiger partial charge on any atom is 0.295 e. The van der Waals surface area contributed by atoms with Crippen molar-refractivity contribution in [2.45, 2.75) is 4.90 Å². The molecule has 0 atom stereocenters. The van der Waals surface area contributed by atoms with Gasteiger partial charge in [0.25, 0.3) is 10.1 Å². The smallest absolute Gasteiger partial charge is 0.295 e. The number of aromatic nitrogens is 3. The van der Waals surface area contributed by atoms with E-state index in [9.17, 15) is 23.2 Å². The Morgan fingerprint density at radius 3 is 2.06 bits per heavy atom. The summed E-state index contributed by atoms with van der Waals surface area (Å²) in [4.78, 5) is 14.3. The summed E-state index contributed by atoms with van der Waals surface area (Å²) in [5, 5.41) is 24.7. The first-order valence-electron chi connectivity index (χ1n) is 9.90. The van der Waals surface area contributed by atoms with Crippen molar-refractivity contribution in [3.8, 4) is 0 Å². The van der Waals surface area contributed by atoms with E-state index in [0.29, 0.717) is 5.69 Å². The maximum atomic E-state index is 11.7. The van der Waals surface area contributed by atoms with Gasteiger partial charge in [0.2, 0.25) is 17.8 Å². The maximum absolute atomic E-state index is 11.7. The van der Waals surface area contributed by atoms with E-state index in [-0.39, 0.29) is 54.6 Å². The Morgan fingerprint density at radius 2 is 1.52 bits per heavy atom. The van der Waals surface area contributed by atoms with Crippen molar-refractivity contribution in [3.63, 3.8) is 0 Å². The molecular formula is C21H24N6O5S. The third-order valence-corrected chi connectivity index (χ3v) is 5.35. The molecular weight excluding hydrogens is 448 g/mol. The van der Waals surface area contributed by atoms with Crippen LogP contribution >= 0.6 is 0 Å². The van der Waals surface area contributed by atoms with E-state index >= 15 is 0 Å². The first-order valence-corrected chi connectivity index (χ1v) is 11.3. The fraction of sp³-hybridized carbons (Fsp3) is 0.190. The summed E-state index contributed by atoms with van der Waals surface area (Å²) in [6.07, 6.45) is 1.32. The van der Waals surface area contributed by atoms with Crippen LogP contribution in [0, 0.1) is 0 Å². The van der Waals surface area contributed by atoms with E-state index < -0.39 is 10.1 Å². The summed E-state index contributed by atoms with van der Waals surface area (Å²) in [7, 11) is -4.49. The number of rotatable bonds is 11. The SMILES string of the molecule is C=Cc1ccc(Nc2nc(Nc3ccccc3)nc(N(CCO)CCO)n2)cc1S(=O)(=O)O. The van der Waals surface area contributed by atoms with Gasteiger partial charge in [-0.15, -0.1) is 0 Å². The molecule has 0 radical (unpaired) electrons. The molecule has 1 aromatic heterocycles. The van der Waals surface area contributed by atoms with Gasteiger partial charge in [-0.1, -0.05) is 36.9 Å². The highest BCUT2D eigenvalue weighted by Gasteiger charge is 2.17. The Bertz CT molecular complexity index is 1200. The predicted octanol–water partition coefficient (Wildman–Crippen LogP) is 2.04. The van der Waals surface area contributed by atoms with Gasteiger partial charge in [-0.2, -0.15) is 23.4 Å². The summed E-state index contributed by atoms with van der Waals surface area (Å²) < 4.78 is 33.0. The van der Waals surface area contributed by atoms with E-state index in [1.165, 1.54) is 18.2 Å². The summed E-state index contributed by atoms with van der Waals surface area (Å²) in [5.74, 6) is 0.450. The number of para-hydroxylation sites is 1. The van der Waals surface area contributed by atoms with Crippen LogP contribution in [0.5, 0.6) is 0 Å². The second-order valence-corrected chi connectivity index (χ2v) is 8.15. The highest BCUT2D eigenvalue weighted by atomic mass is 32.2. The van der Waals surface area contributed by atoms with Crippen molar-refractivity contribution in [1.29, 1.82) is 0 Å². The van der Waals surface area contributed by atoms with Crippen molar-refractivity contribution in [1.82, 2.24) is 15.0 Å². The third kappa shape index (κ3) is 6.46. The average molecular weight is 473 g/mol. The molecule has 33 heavy (non-hydrogen) atoms. The zero-order valence-electron chi connectivity index (χ0n) is 17.6. The minimum atomic E-state index is -4.49. The number of aliphatic hydroxyl groups excluding tert-OH is 2. The van der Waals surface area contributed by atoms with Gasteiger partial charge >= 0.3 is 0 Å². The van der Waals surface area contributed by atoms with Gasteiger partial charge in [-0.25, -0.2) is 0 Å². The van der Waals surface area contributed by atoms with Gasteiger partial charge in [0.05, 0.1) is 13.2 Å². The lowest BCUT2D eigenvalue weighted by Gasteiger charge is -2.21. The van der Waals surface area contributed by atoms with Crippen molar-refractivity contribution < 1.29 is 23.2 Å². The monoisotopic (exact) mass is 472 g/mol. The number of anilines is 5. The van der Waals surface area contributed by atoms with E-state index in [4.69, 9.17) is 0 Å². The average Bonchev–Trinajstić information content (AvgIpc) is 2.79. The Balaban J connectivity index is 2.02. The van der Waals surface area contributed by atoms with Gasteiger partial charge in [-0.05, 0) is 29.8 Å². The molecule has 1 heterocycles. The number of benzene rings is 2. The van der Waals surface area contributed by atoms with Crippen LogP contribution in [0.1, 0.15) is 5.56 Å². The van der Waals surface area contributed by atoms with Gasteiger partial charge in [0, 0.05) is 24.5 Å². The highest BCUT2D eigenvalue weighted by molar-refractivity contribution is 7.86. The summed E-state index contributed by atoms with van der Waals surface area (Å²) in [5.41, 5.74) is 1.26. The number of nitrogens with one attached hydrogen (secondary N) is 2.